The van der Waals surface area contributed by atoms with Crippen LogP contribution in [-0.2, 0) is 0 Å². The summed E-state index contributed by atoms with van der Waals surface area (Å²) in [6, 6.07) is 7.06. The molecular formula is C12H7BrCl2OS. The lowest BCUT2D eigenvalue weighted by molar-refractivity contribution is 0.104. The molecule has 0 unspecified atom stereocenters. The smallest absolute Gasteiger partial charge is 0.204 e. The molecule has 0 atom stereocenters. The largest absolute Gasteiger partial charge is 0.288 e. The van der Waals surface area contributed by atoms with E-state index in [9.17, 15) is 4.79 Å². The van der Waals surface area contributed by atoms with Crippen LogP contribution in [0, 0.1) is 6.92 Å². The van der Waals surface area contributed by atoms with Crippen molar-refractivity contribution in [2.45, 2.75) is 6.92 Å². The molecule has 0 amide bonds. The quantitative estimate of drug-likeness (QED) is 0.667. The third-order valence-electron chi connectivity index (χ3n) is 2.31. The van der Waals surface area contributed by atoms with Crippen LogP contribution < -0.4 is 0 Å². The summed E-state index contributed by atoms with van der Waals surface area (Å²) in [5, 5.41) is 1.04. The van der Waals surface area contributed by atoms with Gasteiger partial charge >= 0.3 is 0 Å². The first-order valence-electron chi connectivity index (χ1n) is 4.75. The molecule has 0 fully saturated rings. The van der Waals surface area contributed by atoms with E-state index in [0.29, 0.717) is 20.5 Å². The van der Waals surface area contributed by atoms with Gasteiger partial charge in [-0.15, -0.1) is 11.3 Å². The van der Waals surface area contributed by atoms with E-state index >= 15 is 0 Å². The maximum absolute atomic E-state index is 12.2. The van der Waals surface area contributed by atoms with Crippen molar-refractivity contribution in [1.29, 1.82) is 0 Å². The molecule has 1 heterocycles. The van der Waals surface area contributed by atoms with Gasteiger partial charge in [0.2, 0.25) is 5.78 Å². The minimum atomic E-state index is -0.101. The summed E-state index contributed by atoms with van der Waals surface area (Å²) < 4.78 is 0.756. The Hall–Kier alpha value is -0.350. The van der Waals surface area contributed by atoms with E-state index in [4.69, 9.17) is 23.2 Å². The molecule has 2 aromatic rings. The molecule has 0 saturated carbocycles. The number of hydrogen-bond donors (Lipinski definition) is 0. The van der Waals surface area contributed by atoms with Crippen LogP contribution in [0.1, 0.15) is 20.8 Å². The van der Waals surface area contributed by atoms with E-state index in [2.05, 4.69) is 15.9 Å². The Balaban J connectivity index is 2.47. The van der Waals surface area contributed by atoms with Crippen molar-refractivity contribution in [3.8, 4) is 0 Å². The maximum atomic E-state index is 12.2. The second-order valence-electron chi connectivity index (χ2n) is 3.50. The van der Waals surface area contributed by atoms with Crippen LogP contribution in [0.3, 0.4) is 0 Å². The third kappa shape index (κ3) is 2.58. The zero-order valence-corrected chi connectivity index (χ0v) is 12.7. The molecular weight excluding hydrogens is 343 g/mol. The minimum Gasteiger partial charge on any atom is -0.288 e. The first kappa shape index (κ1) is 13.1. The summed E-state index contributed by atoms with van der Waals surface area (Å²) >= 11 is 16.6. The Morgan fingerprint density at radius 3 is 2.65 bits per heavy atom. The molecule has 2 rings (SSSR count). The van der Waals surface area contributed by atoms with Crippen LogP contribution in [0.2, 0.25) is 10.0 Å². The van der Waals surface area contributed by atoms with Crippen molar-refractivity contribution in [2.75, 3.05) is 0 Å². The van der Waals surface area contributed by atoms with E-state index in [1.165, 1.54) is 11.3 Å². The van der Waals surface area contributed by atoms with Gasteiger partial charge in [-0.05, 0) is 40.5 Å². The van der Waals surface area contributed by atoms with Gasteiger partial charge in [0.25, 0.3) is 0 Å². The average Bonchev–Trinajstić information content (AvgIpc) is 2.62. The first-order valence-corrected chi connectivity index (χ1v) is 7.12. The normalized spacial score (nSPS) is 10.6. The SMILES string of the molecule is Cc1cccc(C(=O)c2cc(Cl)c(Br)s2)c1Cl. The maximum Gasteiger partial charge on any atom is 0.204 e. The fourth-order valence-electron chi connectivity index (χ4n) is 1.41. The molecule has 1 aromatic heterocycles. The van der Waals surface area contributed by atoms with Crippen LogP contribution in [0.5, 0.6) is 0 Å². The Morgan fingerprint density at radius 1 is 1.35 bits per heavy atom. The number of rotatable bonds is 2. The van der Waals surface area contributed by atoms with Crippen molar-refractivity contribution >= 4 is 56.3 Å². The molecule has 0 N–H and O–H groups in total. The summed E-state index contributed by atoms with van der Waals surface area (Å²) in [5.74, 6) is -0.101. The van der Waals surface area contributed by atoms with Crippen molar-refractivity contribution < 1.29 is 4.79 Å². The number of carbonyl (C=O) groups is 1. The molecule has 88 valence electrons. The van der Waals surface area contributed by atoms with Crippen LogP contribution in [0.25, 0.3) is 0 Å². The predicted octanol–water partition coefficient (Wildman–Crippen LogP) is 5.36. The second kappa shape index (κ2) is 5.11. The van der Waals surface area contributed by atoms with E-state index in [1.807, 2.05) is 19.1 Å². The summed E-state index contributed by atoms with van der Waals surface area (Å²) in [6.07, 6.45) is 0. The van der Waals surface area contributed by atoms with Crippen molar-refractivity contribution in [2.24, 2.45) is 0 Å². The molecule has 0 aliphatic heterocycles. The monoisotopic (exact) mass is 348 g/mol. The molecule has 1 aromatic carbocycles. The Morgan fingerprint density at radius 2 is 2.06 bits per heavy atom. The van der Waals surface area contributed by atoms with Gasteiger partial charge in [0, 0.05) is 5.56 Å². The molecule has 0 aliphatic rings. The zero-order chi connectivity index (χ0) is 12.6. The van der Waals surface area contributed by atoms with Gasteiger partial charge in [0.05, 0.1) is 18.7 Å². The Bertz CT molecular complexity index is 573. The summed E-state index contributed by atoms with van der Waals surface area (Å²) in [7, 11) is 0. The highest BCUT2D eigenvalue weighted by Gasteiger charge is 2.17. The van der Waals surface area contributed by atoms with E-state index < -0.39 is 0 Å². The average molecular weight is 350 g/mol. The van der Waals surface area contributed by atoms with Crippen molar-refractivity contribution in [1.82, 2.24) is 0 Å². The molecule has 0 aliphatic carbocycles. The molecule has 17 heavy (non-hydrogen) atoms. The van der Waals surface area contributed by atoms with Gasteiger partial charge in [-0.2, -0.15) is 0 Å². The lowest BCUT2D eigenvalue weighted by Crippen LogP contribution is -2.00. The number of halogens is 3. The molecule has 0 bridgehead atoms. The van der Waals surface area contributed by atoms with Crippen molar-refractivity contribution in [3.05, 3.63) is 54.1 Å². The van der Waals surface area contributed by atoms with Crippen LogP contribution >= 0.6 is 50.5 Å². The van der Waals surface area contributed by atoms with Gasteiger partial charge < -0.3 is 0 Å². The lowest BCUT2D eigenvalue weighted by atomic mass is 10.1. The van der Waals surface area contributed by atoms with Gasteiger partial charge in [-0.3, -0.25) is 4.79 Å². The number of benzene rings is 1. The number of thiophene rings is 1. The van der Waals surface area contributed by atoms with Crippen LogP contribution in [0.4, 0.5) is 0 Å². The standard InChI is InChI=1S/C12H7BrCl2OS/c1-6-3-2-4-7(10(6)15)11(16)9-5-8(14)12(13)17-9/h2-5H,1H3. The summed E-state index contributed by atoms with van der Waals surface area (Å²) in [5.41, 5.74) is 1.40. The fraction of sp³-hybridized carbons (Fsp3) is 0.0833. The van der Waals surface area contributed by atoms with E-state index in [1.54, 1.807) is 12.1 Å². The summed E-state index contributed by atoms with van der Waals surface area (Å²) in [4.78, 5) is 12.8. The number of hydrogen-bond acceptors (Lipinski definition) is 2. The van der Waals surface area contributed by atoms with Gasteiger partial charge in [-0.25, -0.2) is 0 Å². The first-order chi connectivity index (χ1) is 8.00. The topological polar surface area (TPSA) is 17.1 Å². The Kier molecular flexibility index (Phi) is 3.93. The molecule has 1 nitrogen and oxygen atoms in total. The highest BCUT2D eigenvalue weighted by atomic mass is 79.9. The van der Waals surface area contributed by atoms with Crippen molar-refractivity contribution in [3.63, 3.8) is 0 Å². The number of ketones is 1. The van der Waals surface area contributed by atoms with E-state index in [-0.39, 0.29) is 5.78 Å². The number of aryl methyl sites for hydroxylation is 1. The molecule has 5 heteroatoms. The predicted molar refractivity (Wildman–Crippen MR) is 76.7 cm³/mol. The molecule has 0 radical (unpaired) electrons. The van der Waals surface area contributed by atoms with Gasteiger partial charge in [0.15, 0.2) is 0 Å². The van der Waals surface area contributed by atoms with Crippen LogP contribution in [0.15, 0.2) is 28.1 Å². The second-order valence-corrected chi connectivity index (χ2v) is 6.65. The summed E-state index contributed by atoms with van der Waals surface area (Å²) in [6.45, 7) is 1.87. The highest BCUT2D eigenvalue weighted by Crippen LogP contribution is 2.34. The minimum absolute atomic E-state index is 0.101. The van der Waals surface area contributed by atoms with Gasteiger partial charge in [0.1, 0.15) is 0 Å². The molecule has 0 spiro atoms. The fourth-order valence-corrected chi connectivity index (χ4v) is 3.28. The molecule has 0 saturated heterocycles. The lowest BCUT2D eigenvalue weighted by Gasteiger charge is -2.03. The third-order valence-corrected chi connectivity index (χ3v) is 5.28. The van der Waals surface area contributed by atoms with Gasteiger partial charge in [-0.1, -0.05) is 35.3 Å². The Labute approximate surface area is 121 Å². The van der Waals surface area contributed by atoms with E-state index in [0.717, 1.165) is 9.35 Å². The van der Waals surface area contributed by atoms with Crippen LogP contribution in [-0.4, -0.2) is 5.78 Å². The number of carbonyl (C=O) groups excluding carboxylic acids is 1. The zero-order valence-electron chi connectivity index (χ0n) is 8.76. The highest BCUT2D eigenvalue weighted by molar-refractivity contribution is 9.11.